The molecule has 1 amide bonds. The minimum Gasteiger partial charge on any atom is -0.329 e. The second kappa shape index (κ2) is 5.91. The average Bonchev–Trinajstić information content (AvgIpc) is 3.27. The van der Waals surface area contributed by atoms with Crippen molar-refractivity contribution in [3.05, 3.63) is 35.1 Å². The van der Waals surface area contributed by atoms with E-state index in [1.807, 2.05) is 0 Å². The molecule has 1 aliphatic carbocycles. The summed E-state index contributed by atoms with van der Waals surface area (Å²) >= 11 is 0. The highest BCUT2D eigenvalue weighted by Gasteiger charge is 2.46. The van der Waals surface area contributed by atoms with Crippen molar-refractivity contribution in [3.63, 3.8) is 0 Å². The third-order valence-electron chi connectivity index (χ3n) is 3.01. The van der Waals surface area contributed by atoms with Crippen LogP contribution in [0.4, 0.5) is 17.6 Å². The van der Waals surface area contributed by atoms with Gasteiger partial charge in [-0.3, -0.25) is 4.79 Å². The summed E-state index contributed by atoms with van der Waals surface area (Å²) in [5.41, 5.74) is 5.42. The second-order valence-electron chi connectivity index (χ2n) is 4.74. The van der Waals surface area contributed by atoms with Crippen molar-refractivity contribution >= 4 is 11.9 Å². The van der Waals surface area contributed by atoms with Crippen LogP contribution in [0.25, 0.3) is 0 Å². The molecule has 9 heteroatoms. The van der Waals surface area contributed by atoms with E-state index in [9.17, 15) is 27.2 Å². The number of nitrogens with two attached hydrogens (primary N) is 1. The van der Waals surface area contributed by atoms with E-state index < -0.39 is 29.9 Å². The van der Waals surface area contributed by atoms with Gasteiger partial charge in [0.1, 0.15) is 5.82 Å². The highest BCUT2D eigenvalue weighted by molar-refractivity contribution is 5.96. The Labute approximate surface area is 122 Å². The molecule has 0 aromatic heterocycles. The lowest BCUT2D eigenvalue weighted by Crippen LogP contribution is -2.40. The van der Waals surface area contributed by atoms with Crippen molar-refractivity contribution in [2.24, 2.45) is 5.73 Å². The van der Waals surface area contributed by atoms with E-state index in [-0.39, 0.29) is 17.7 Å². The van der Waals surface area contributed by atoms with E-state index in [4.69, 9.17) is 5.73 Å². The Morgan fingerprint density at radius 2 is 1.95 bits per heavy atom. The molecule has 0 saturated heterocycles. The standard InChI is InChI=1S/C13H12F4N2O3/c14-8-2-1-7(6-18)10(5-8)11(20)19(9-3-4-9)22-12(21)13(15,16)17/h1-2,5,9H,3-4,6,18H2. The fourth-order valence-electron chi connectivity index (χ4n) is 1.78. The molecular formula is C13H12F4N2O3. The van der Waals surface area contributed by atoms with Crippen LogP contribution in [0, 0.1) is 5.82 Å². The molecule has 0 bridgehead atoms. The van der Waals surface area contributed by atoms with Gasteiger partial charge in [0.05, 0.1) is 6.04 Å². The van der Waals surface area contributed by atoms with Crippen LogP contribution in [0.2, 0.25) is 0 Å². The van der Waals surface area contributed by atoms with Crippen LogP contribution in [-0.4, -0.2) is 29.2 Å². The third kappa shape index (κ3) is 3.53. The fraction of sp³-hybridized carbons (Fsp3) is 0.385. The Hall–Kier alpha value is -2.16. The SMILES string of the molecule is NCc1ccc(F)cc1C(=O)N(OC(=O)C(F)(F)F)C1CC1. The summed E-state index contributed by atoms with van der Waals surface area (Å²) < 4.78 is 50.1. The van der Waals surface area contributed by atoms with E-state index in [1.54, 1.807) is 0 Å². The molecule has 0 heterocycles. The van der Waals surface area contributed by atoms with Crippen LogP contribution in [0.5, 0.6) is 0 Å². The van der Waals surface area contributed by atoms with Crippen LogP contribution in [-0.2, 0) is 16.2 Å². The highest BCUT2D eigenvalue weighted by atomic mass is 19.4. The van der Waals surface area contributed by atoms with Crippen molar-refractivity contribution in [1.29, 1.82) is 0 Å². The summed E-state index contributed by atoms with van der Waals surface area (Å²) in [5.74, 6) is -4.28. The number of nitrogens with zero attached hydrogens (tertiary/aromatic N) is 1. The Balaban J connectivity index is 2.28. The van der Waals surface area contributed by atoms with Crippen molar-refractivity contribution in [2.45, 2.75) is 31.6 Å². The molecular weight excluding hydrogens is 308 g/mol. The smallest absolute Gasteiger partial charge is 0.329 e. The monoisotopic (exact) mass is 320 g/mol. The molecule has 120 valence electrons. The minimum atomic E-state index is -5.23. The van der Waals surface area contributed by atoms with Crippen molar-refractivity contribution in [1.82, 2.24) is 5.06 Å². The Kier molecular flexibility index (Phi) is 4.36. The molecule has 2 rings (SSSR count). The number of carbonyl (C=O) groups excluding carboxylic acids is 2. The van der Waals surface area contributed by atoms with Gasteiger partial charge in [-0.2, -0.15) is 18.2 Å². The fourth-order valence-corrected chi connectivity index (χ4v) is 1.78. The summed E-state index contributed by atoms with van der Waals surface area (Å²) in [6, 6.07) is 2.52. The van der Waals surface area contributed by atoms with Gasteiger partial charge in [0.2, 0.25) is 0 Å². The normalized spacial score (nSPS) is 14.6. The number of rotatable bonds is 3. The number of carbonyl (C=O) groups is 2. The van der Waals surface area contributed by atoms with Gasteiger partial charge in [0.25, 0.3) is 5.91 Å². The first-order chi connectivity index (χ1) is 10.2. The van der Waals surface area contributed by atoms with Gasteiger partial charge < -0.3 is 10.6 Å². The first-order valence-corrected chi connectivity index (χ1v) is 6.35. The number of benzene rings is 1. The Morgan fingerprint density at radius 1 is 1.32 bits per heavy atom. The summed E-state index contributed by atoms with van der Waals surface area (Å²) in [4.78, 5) is 27.4. The summed E-state index contributed by atoms with van der Waals surface area (Å²) in [7, 11) is 0. The van der Waals surface area contributed by atoms with Gasteiger partial charge in [-0.05, 0) is 30.5 Å². The lowest BCUT2D eigenvalue weighted by Gasteiger charge is -2.22. The van der Waals surface area contributed by atoms with E-state index in [2.05, 4.69) is 4.84 Å². The van der Waals surface area contributed by atoms with E-state index in [0.29, 0.717) is 17.9 Å². The van der Waals surface area contributed by atoms with Crippen LogP contribution in [0.15, 0.2) is 18.2 Å². The number of alkyl halides is 3. The van der Waals surface area contributed by atoms with E-state index in [1.165, 1.54) is 6.07 Å². The Morgan fingerprint density at radius 3 is 2.45 bits per heavy atom. The number of hydrogen-bond acceptors (Lipinski definition) is 4. The van der Waals surface area contributed by atoms with Gasteiger partial charge in [-0.1, -0.05) is 6.07 Å². The molecule has 5 nitrogen and oxygen atoms in total. The van der Waals surface area contributed by atoms with Crippen LogP contribution in [0.3, 0.4) is 0 Å². The molecule has 0 atom stereocenters. The molecule has 0 radical (unpaired) electrons. The maximum atomic E-state index is 13.3. The maximum absolute atomic E-state index is 13.3. The van der Waals surface area contributed by atoms with Crippen LogP contribution in [0.1, 0.15) is 28.8 Å². The van der Waals surface area contributed by atoms with Gasteiger partial charge in [-0.15, -0.1) is 0 Å². The number of hydroxylamine groups is 2. The Bertz CT molecular complexity index is 599. The van der Waals surface area contributed by atoms with Gasteiger partial charge in [-0.25, -0.2) is 9.18 Å². The largest absolute Gasteiger partial charge is 0.493 e. The second-order valence-corrected chi connectivity index (χ2v) is 4.74. The average molecular weight is 320 g/mol. The summed E-state index contributed by atoms with van der Waals surface area (Å²) in [6.45, 7) is -0.118. The van der Waals surface area contributed by atoms with Crippen molar-refractivity contribution in [3.8, 4) is 0 Å². The van der Waals surface area contributed by atoms with E-state index in [0.717, 1.165) is 12.1 Å². The molecule has 22 heavy (non-hydrogen) atoms. The molecule has 0 spiro atoms. The zero-order chi connectivity index (χ0) is 16.5. The number of amides is 1. The molecule has 1 aliphatic rings. The molecule has 2 N–H and O–H groups in total. The van der Waals surface area contributed by atoms with Gasteiger partial charge in [0, 0.05) is 12.1 Å². The third-order valence-corrected chi connectivity index (χ3v) is 3.01. The van der Waals surface area contributed by atoms with E-state index >= 15 is 0 Å². The summed E-state index contributed by atoms with van der Waals surface area (Å²) in [6.07, 6.45) is -4.44. The zero-order valence-corrected chi connectivity index (χ0v) is 11.2. The first kappa shape index (κ1) is 16.2. The predicted molar refractivity (Wildman–Crippen MR) is 65.6 cm³/mol. The van der Waals surface area contributed by atoms with Crippen LogP contribution >= 0.6 is 0 Å². The lowest BCUT2D eigenvalue weighted by molar-refractivity contribution is -0.230. The van der Waals surface area contributed by atoms with Crippen LogP contribution < -0.4 is 5.73 Å². The summed E-state index contributed by atoms with van der Waals surface area (Å²) in [5, 5.41) is 0.351. The maximum Gasteiger partial charge on any atom is 0.493 e. The van der Waals surface area contributed by atoms with Crippen molar-refractivity contribution in [2.75, 3.05) is 0 Å². The number of halogens is 4. The minimum absolute atomic E-state index is 0.118. The quantitative estimate of drug-likeness (QED) is 0.682. The van der Waals surface area contributed by atoms with Crippen molar-refractivity contribution < 1.29 is 32.0 Å². The topological polar surface area (TPSA) is 72.6 Å². The lowest BCUT2D eigenvalue weighted by atomic mass is 10.1. The first-order valence-electron chi connectivity index (χ1n) is 6.35. The molecule has 0 aliphatic heterocycles. The zero-order valence-electron chi connectivity index (χ0n) is 11.2. The molecule has 1 fully saturated rings. The number of hydrogen-bond donors (Lipinski definition) is 1. The molecule has 1 aromatic carbocycles. The molecule has 1 saturated carbocycles. The molecule has 0 unspecified atom stereocenters. The molecule has 1 aromatic rings. The predicted octanol–water partition coefficient (Wildman–Crippen LogP) is 1.91. The highest BCUT2D eigenvalue weighted by Crippen LogP contribution is 2.31. The van der Waals surface area contributed by atoms with Gasteiger partial charge >= 0.3 is 12.1 Å². The van der Waals surface area contributed by atoms with Gasteiger partial charge in [0.15, 0.2) is 0 Å².